The maximum Gasteiger partial charge on any atom is 0.252 e. The van der Waals surface area contributed by atoms with Crippen molar-refractivity contribution in [3.05, 3.63) is 15.9 Å². The molecule has 1 fully saturated rings. The maximum atomic E-state index is 12.2. The van der Waals surface area contributed by atoms with E-state index < -0.39 is 10.0 Å². The first-order chi connectivity index (χ1) is 7.43. The molecule has 1 heterocycles. The van der Waals surface area contributed by atoms with E-state index in [4.69, 9.17) is 0 Å². The second kappa shape index (κ2) is 4.40. The van der Waals surface area contributed by atoms with Crippen LogP contribution < -0.4 is 0 Å². The first-order valence-electron chi connectivity index (χ1n) is 5.16. The minimum absolute atomic E-state index is 0.103. The molecule has 0 spiro atoms. The number of rotatable bonds is 4. The molecule has 0 amide bonds. The molecule has 16 heavy (non-hydrogen) atoms. The fourth-order valence-electron chi connectivity index (χ4n) is 1.67. The van der Waals surface area contributed by atoms with Crippen LogP contribution in [-0.2, 0) is 10.0 Å². The smallest absolute Gasteiger partial charge is 0.206 e. The summed E-state index contributed by atoms with van der Waals surface area (Å²) >= 11 is 4.55. The molecule has 0 bridgehead atoms. The van der Waals surface area contributed by atoms with E-state index in [1.54, 1.807) is 19.2 Å². The van der Waals surface area contributed by atoms with Crippen molar-refractivity contribution in [1.29, 1.82) is 0 Å². The second-order valence-corrected chi connectivity index (χ2v) is 8.85. The van der Waals surface area contributed by atoms with Crippen LogP contribution in [0.15, 0.2) is 20.1 Å². The molecule has 1 aromatic rings. The van der Waals surface area contributed by atoms with Gasteiger partial charge in [0.05, 0.1) is 3.79 Å². The predicted molar refractivity (Wildman–Crippen MR) is 69.2 cm³/mol. The standard InChI is InChI=1S/C10H14BrNO2S2/c1-7(8-3-4-8)12(2)16(13,14)10-6-5-9(11)15-10/h5-8H,3-4H2,1-2H3. The van der Waals surface area contributed by atoms with E-state index >= 15 is 0 Å². The lowest BCUT2D eigenvalue weighted by atomic mass is 10.2. The molecular weight excluding hydrogens is 310 g/mol. The highest BCUT2D eigenvalue weighted by molar-refractivity contribution is 9.11. The van der Waals surface area contributed by atoms with Crippen LogP contribution in [0.3, 0.4) is 0 Å². The largest absolute Gasteiger partial charge is 0.252 e. The molecule has 1 aliphatic rings. The second-order valence-electron chi connectivity index (χ2n) is 4.16. The van der Waals surface area contributed by atoms with Gasteiger partial charge in [-0.05, 0) is 53.7 Å². The monoisotopic (exact) mass is 323 g/mol. The van der Waals surface area contributed by atoms with Gasteiger partial charge in [0.25, 0.3) is 10.0 Å². The van der Waals surface area contributed by atoms with Crippen molar-refractivity contribution in [2.45, 2.75) is 30.0 Å². The Morgan fingerprint density at radius 1 is 1.50 bits per heavy atom. The molecule has 6 heteroatoms. The molecule has 1 saturated carbocycles. The van der Waals surface area contributed by atoms with Crippen molar-refractivity contribution in [2.24, 2.45) is 5.92 Å². The maximum absolute atomic E-state index is 12.2. The minimum Gasteiger partial charge on any atom is -0.206 e. The number of hydrogen-bond acceptors (Lipinski definition) is 3. The van der Waals surface area contributed by atoms with Gasteiger partial charge < -0.3 is 0 Å². The van der Waals surface area contributed by atoms with E-state index in [1.807, 2.05) is 6.92 Å². The quantitative estimate of drug-likeness (QED) is 0.854. The predicted octanol–water partition coefficient (Wildman–Crippen LogP) is 2.93. The van der Waals surface area contributed by atoms with Gasteiger partial charge in [-0.25, -0.2) is 8.42 Å². The molecule has 0 N–H and O–H groups in total. The van der Waals surface area contributed by atoms with Crippen LogP contribution in [0.1, 0.15) is 19.8 Å². The zero-order valence-corrected chi connectivity index (χ0v) is 12.4. The van der Waals surface area contributed by atoms with E-state index in [2.05, 4.69) is 15.9 Å². The summed E-state index contributed by atoms with van der Waals surface area (Å²) < 4.78 is 27.2. The Bertz CT molecular complexity index is 479. The van der Waals surface area contributed by atoms with Gasteiger partial charge in [0.2, 0.25) is 0 Å². The fourth-order valence-corrected chi connectivity index (χ4v) is 5.29. The molecule has 1 atom stereocenters. The average molecular weight is 324 g/mol. The van der Waals surface area contributed by atoms with Gasteiger partial charge in [-0.2, -0.15) is 4.31 Å². The van der Waals surface area contributed by atoms with Crippen molar-refractivity contribution in [3.8, 4) is 0 Å². The van der Waals surface area contributed by atoms with Crippen LogP contribution in [0.25, 0.3) is 0 Å². The van der Waals surface area contributed by atoms with Gasteiger partial charge in [0, 0.05) is 13.1 Å². The van der Waals surface area contributed by atoms with E-state index in [1.165, 1.54) is 15.6 Å². The lowest BCUT2D eigenvalue weighted by Crippen LogP contribution is -2.36. The van der Waals surface area contributed by atoms with Crippen LogP contribution in [-0.4, -0.2) is 25.8 Å². The minimum atomic E-state index is -3.30. The normalized spacial score (nSPS) is 19.0. The Balaban J connectivity index is 2.24. The Hall–Kier alpha value is 0.0900. The number of nitrogens with zero attached hydrogens (tertiary/aromatic N) is 1. The lowest BCUT2D eigenvalue weighted by molar-refractivity contribution is 0.358. The van der Waals surface area contributed by atoms with Gasteiger partial charge in [-0.3, -0.25) is 0 Å². The van der Waals surface area contributed by atoms with Crippen LogP contribution in [0.4, 0.5) is 0 Å². The lowest BCUT2D eigenvalue weighted by Gasteiger charge is -2.23. The summed E-state index contributed by atoms with van der Waals surface area (Å²) in [7, 11) is -1.63. The van der Waals surface area contributed by atoms with Gasteiger partial charge in [-0.1, -0.05) is 0 Å². The summed E-state index contributed by atoms with van der Waals surface area (Å²) in [6, 6.07) is 3.53. The number of halogens is 1. The summed E-state index contributed by atoms with van der Waals surface area (Å²) in [6.07, 6.45) is 2.30. The van der Waals surface area contributed by atoms with E-state index in [0.29, 0.717) is 10.1 Å². The number of hydrogen-bond donors (Lipinski definition) is 0. The van der Waals surface area contributed by atoms with Crippen molar-refractivity contribution >= 4 is 37.3 Å². The Morgan fingerprint density at radius 2 is 2.12 bits per heavy atom. The molecule has 0 aromatic carbocycles. The van der Waals surface area contributed by atoms with Gasteiger partial charge in [-0.15, -0.1) is 11.3 Å². The summed E-state index contributed by atoms with van der Waals surface area (Å²) in [5.74, 6) is 0.545. The van der Waals surface area contributed by atoms with E-state index in [0.717, 1.165) is 16.6 Å². The first kappa shape index (κ1) is 12.5. The molecule has 0 aliphatic heterocycles. The third kappa shape index (κ3) is 2.34. The molecule has 3 nitrogen and oxygen atoms in total. The van der Waals surface area contributed by atoms with Crippen molar-refractivity contribution in [3.63, 3.8) is 0 Å². The van der Waals surface area contributed by atoms with Gasteiger partial charge >= 0.3 is 0 Å². The number of thiophene rings is 1. The molecule has 2 rings (SSSR count). The first-order valence-corrected chi connectivity index (χ1v) is 8.21. The molecule has 0 radical (unpaired) electrons. The molecular formula is C10H14BrNO2S2. The van der Waals surface area contributed by atoms with Crippen molar-refractivity contribution < 1.29 is 8.42 Å². The third-order valence-electron chi connectivity index (χ3n) is 3.06. The van der Waals surface area contributed by atoms with E-state index in [9.17, 15) is 8.42 Å². The topological polar surface area (TPSA) is 37.4 Å². The molecule has 1 aliphatic carbocycles. The Labute approximate surface area is 109 Å². The van der Waals surface area contributed by atoms with Crippen LogP contribution in [0.5, 0.6) is 0 Å². The molecule has 1 aromatic heterocycles. The Kier molecular flexibility index (Phi) is 3.45. The third-order valence-corrected chi connectivity index (χ3v) is 7.10. The van der Waals surface area contributed by atoms with E-state index in [-0.39, 0.29) is 6.04 Å². The van der Waals surface area contributed by atoms with Crippen molar-refractivity contribution in [1.82, 2.24) is 4.31 Å². The summed E-state index contributed by atoms with van der Waals surface area (Å²) in [5, 5.41) is 0. The van der Waals surface area contributed by atoms with Crippen LogP contribution >= 0.6 is 27.3 Å². The van der Waals surface area contributed by atoms with Gasteiger partial charge in [0.15, 0.2) is 0 Å². The van der Waals surface area contributed by atoms with Crippen LogP contribution in [0, 0.1) is 5.92 Å². The van der Waals surface area contributed by atoms with Crippen molar-refractivity contribution in [2.75, 3.05) is 7.05 Å². The highest BCUT2D eigenvalue weighted by Crippen LogP contribution is 2.37. The summed E-state index contributed by atoms with van der Waals surface area (Å²) in [4.78, 5) is 0. The Morgan fingerprint density at radius 3 is 2.56 bits per heavy atom. The molecule has 90 valence electrons. The summed E-state index contributed by atoms with van der Waals surface area (Å²) in [6.45, 7) is 1.98. The highest BCUT2D eigenvalue weighted by atomic mass is 79.9. The zero-order chi connectivity index (χ0) is 11.9. The zero-order valence-electron chi connectivity index (χ0n) is 9.18. The summed E-state index contributed by atoms with van der Waals surface area (Å²) in [5.41, 5.74) is 0. The SMILES string of the molecule is CC(C1CC1)N(C)S(=O)(=O)c1ccc(Br)s1. The van der Waals surface area contributed by atoms with Crippen LogP contribution in [0.2, 0.25) is 0 Å². The molecule has 1 unspecified atom stereocenters. The fraction of sp³-hybridized carbons (Fsp3) is 0.600. The van der Waals surface area contributed by atoms with Gasteiger partial charge in [0.1, 0.15) is 4.21 Å². The average Bonchev–Trinajstić information content (AvgIpc) is 2.98. The highest BCUT2D eigenvalue weighted by Gasteiger charge is 2.36. The molecule has 0 saturated heterocycles. The number of sulfonamides is 1.